The summed E-state index contributed by atoms with van der Waals surface area (Å²) in [4.78, 5) is 0. The zero-order valence-electron chi connectivity index (χ0n) is 7.58. The highest BCUT2D eigenvalue weighted by molar-refractivity contribution is 8.11. The van der Waals surface area contributed by atoms with E-state index in [2.05, 4.69) is 0 Å². The highest BCUT2D eigenvalue weighted by Gasteiger charge is 2.35. The Morgan fingerprint density at radius 2 is 2.33 bits per heavy atom. The Kier molecular flexibility index (Phi) is 3.61. The summed E-state index contributed by atoms with van der Waals surface area (Å²) in [5.74, 6) is 1.89. The van der Waals surface area contributed by atoms with Crippen molar-refractivity contribution in [3.8, 4) is 0 Å². The lowest BCUT2D eigenvalue weighted by atomic mass is 9.98. The molecule has 1 fully saturated rings. The fourth-order valence-corrected chi connectivity index (χ4v) is 5.08. The summed E-state index contributed by atoms with van der Waals surface area (Å²) in [6.07, 6.45) is 1.05. The molecule has 1 N–H and O–H groups in total. The first kappa shape index (κ1) is 10.5. The molecule has 0 amide bonds. The summed E-state index contributed by atoms with van der Waals surface area (Å²) in [5, 5.41) is 9.12. The molecule has 0 aromatic carbocycles. The summed E-state index contributed by atoms with van der Waals surface area (Å²) >= 11 is 1.74. The van der Waals surface area contributed by atoms with Gasteiger partial charge >= 0.3 is 0 Å². The maximum Gasteiger partial charge on any atom is 0.0873 e. The minimum absolute atomic E-state index is 0.121. The number of aliphatic hydroxyl groups excluding tert-OH is 1. The first-order valence-corrected chi connectivity index (χ1v) is 6.60. The Bertz CT molecular complexity index is 180. The van der Waals surface area contributed by atoms with Crippen LogP contribution < -0.4 is 0 Å². The van der Waals surface area contributed by atoms with Crippen molar-refractivity contribution in [2.24, 2.45) is 5.41 Å². The van der Waals surface area contributed by atoms with Gasteiger partial charge in [0.15, 0.2) is 0 Å². The van der Waals surface area contributed by atoms with E-state index < -0.39 is 10.8 Å². The van der Waals surface area contributed by atoms with Crippen molar-refractivity contribution in [1.29, 1.82) is 0 Å². The van der Waals surface area contributed by atoms with Crippen LogP contribution in [-0.4, -0.2) is 32.0 Å². The van der Waals surface area contributed by atoms with Crippen LogP contribution in [0.3, 0.4) is 0 Å². The summed E-state index contributed by atoms with van der Waals surface area (Å²) in [7, 11) is -0.744. The third-order valence-electron chi connectivity index (χ3n) is 2.04. The highest BCUT2D eigenvalue weighted by Crippen LogP contribution is 2.36. The average molecular weight is 208 g/mol. The van der Waals surface area contributed by atoms with Gasteiger partial charge in [0.1, 0.15) is 0 Å². The van der Waals surface area contributed by atoms with Gasteiger partial charge in [0, 0.05) is 22.0 Å². The predicted octanol–water partition coefficient (Wildman–Crippen LogP) is 1.22. The topological polar surface area (TPSA) is 37.3 Å². The van der Waals surface area contributed by atoms with Crippen LogP contribution in [0.4, 0.5) is 0 Å². The van der Waals surface area contributed by atoms with Crippen LogP contribution in [0.15, 0.2) is 0 Å². The molecule has 4 heteroatoms. The lowest BCUT2D eigenvalue weighted by molar-refractivity contribution is 0.173. The molecular formula is C8H16O2S2. The van der Waals surface area contributed by atoms with Crippen LogP contribution in [0.1, 0.15) is 20.3 Å². The van der Waals surface area contributed by atoms with Gasteiger partial charge in [0.25, 0.3) is 0 Å². The van der Waals surface area contributed by atoms with E-state index in [0.29, 0.717) is 0 Å². The van der Waals surface area contributed by atoms with E-state index >= 15 is 0 Å². The Morgan fingerprint density at radius 1 is 1.67 bits per heavy atom. The van der Waals surface area contributed by atoms with Gasteiger partial charge in [-0.05, 0) is 12.2 Å². The lowest BCUT2D eigenvalue weighted by Gasteiger charge is -2.33. The second-order valence-corrected chi connectivity index (χ2v) is 6.94. The van der Waals surface area contributed by atoms with Crippen LogP contribution in [0.5, 0.6) is 0 Å². The zero-order valence-corrected chi connectivity index (χ0v) is 9.21. The summed E-state index contributed by atoms with van der Waals surface area (Å²) < 4.78 is 11.7. The van der Waals surface area contributed by atoms with Crippen LogP contribution in [0.25, 0.3) is 0 Å². The van der Waals surface area contributed by atoms with Gasteiger partial charge in [-0.3, -0.25) is 4.21 Å². The van der Waals surface area contributed by atoms with E-state index in [1.165, 1.54) is 0 Å². The van der Waals surface area contributed by atoms with E-state index in [0.717, 1.165) is 17.9 Å². The minimum atomic E-state index is -0.744. The molecule has 0 saturated carbocycles. The van der Waals surface area contributed by atoms with Crippen molar-refractivity contribution >= 4 is 22.6 Å². The molecule has 0 aromatic heterocycles. The van der Waals surface area contributed by atoms with E-state index in [4.69, 9.17) is 5.11 Å². The van der Waals surface area contributed by atoms with Crippen molar-refractivity contribution in [3.63, 3.8) is 0 Å². The normalized spacial score (nSPS) is 31.9. The molecule has 1 aliphatic rings. The van der Waals surface area contributed by atoms with E-state index in [9.17, 15) is 4.21 Å². The van der Waals surface area contributed by atoms with Gasteiger partial charge in [-0.25, -0.2) is 0 Å². The number of rotatable bonds is 2. The molecule has 1 rings (SSSR count). The molecule has 12 heavy (non-hydrogen) atoms. The van der Waals surface area contributed by atoms with E-state index in [1.54, 1.807) is 11.8 Å². The van der Waals surface area contributed by atoms with Crippen LogP contribution in [-0.2, 0) is 10.8 Å². The van der Waals surface area contributed by atoms with Crippen molar-refractivity contribution in [3.05, 3.63) is 0 Å². The molecule has 1 saturated heterocycles. The smallest absolute Gasteiger partial charge is 0.0873 e. The second kappa shape index (κ2) is 4.11. The maximum atomic E-state index is 11.6. The Hall–Kier alpha value is 0.460. The first-order valence-electron chi connectivity index (χ1n) is 4.17. The minimum Gasteiger partial charge on any atom is -0.396 e. The Labute approximate surface area is 80.6 Å². The van der Waals surface area contributed by atoms with Gasteiger partial charge < -0.3 is 5.11 Å². The van der Waals surface area contributed by atoms with E-state index in [1.807, 2.05) is 13.8 Å². The molecule has 2 atom stereocenters. The third-order valence-corrected chi connectivity index (χ3v) is 6.37. The van der Waals surface area contributed by atoms with Gasteiger partial charge in [-0.1, -0.05) is 13.8 Å². The number of thioether (sulfide) groups is 1. The largest absolute Gasteiger partial charge is 0.396 e. The molecule has 1 aliphatic heterocycles. The quantitative estimate of drug-likeness (QED) is 0.741. The monoisotopic (exact) mass is 208 g/mol. The zero-order chi connectivity index (χ0) is 9.19. The third kappa shape index (κ3) is 2.24. The molecule has 72 valence electrons. The lowest BCUT2D eigenvalue weighted by Crippen LogP contribution is -2.37. The standard InChI is InChI=1S/C8H16O2S2/c1-8(2,6-9)7-11-4-3-5-12(7)10/h7,9H,3-6H2,1-2H3/t7-,12?/m1/s1. The SMILES string of the molecule is CC(C)(CO)[C@@H]1SCCCS1=O. The van der Waals surface area contributed by atoms with Crippen LogP contribution in [0, 0.1) is 5.41 Å². The molecular weight excluding hydrogens is 192 g/mol. The van der Waals surface area contributed by atoms with Gasteiger partial charge in [-0.2, -0.15) is 0 Å². The van der Waals surface area contributed by atoms with Gasteiger partial charge in [0.05, 0.1) is 11.2 Å². The van der Waals surface area contributed by atoms with Gasteiger partial charge in [0.2, 0.25) is 0 Å². The first-order chi connectivity index (χ1) is 5.58. The predicted molar refractivity (Wildman–Crippen MR) is 54.7 cm³/mol. The molecule has 0 aliphatic carbocycles. The fraction of sp³-hybridized carbons (Fsp3) is 1.00. The van der Waals surface area contributed by atoms with Crippen molar-refractivity contribution in [1.82, 2.24) is 0 Å². The molecule has 1 unspecified atom stereocenters. The molecule has 0 aromatic rings. The molecule has 2 nitrogen and oxygen atoms in total. The average Bonchev–Trinajstić information content (AvgIpc) is 2.05. The second-order valence-electron chi connectivity index (χ2n) is 3.79. The van der Waals surface area contributed by atoms with Crippen molar-refractivity contribution in [2.75, 3.05) is 18.1 Å². The molecule has 1 heterocycles. The van der Waals surface area contributed by atoms with Crippen LogP contribution in [0.2, 0.25) is 0 Å². The summed E-state index contributed by atoms with van der Waals surface area (Å²) in [6, 6.07) is 0. The van der Waals surface area contributed by atoms with E-state index in [-0.39, 0.29) is 16.6 Å². The highest BCUT2D eigenvalue weighted by atomic mass is 32.2. The molecule has 0 bridgehead atoms. The summed E-state index contributed by atoms with van der Waals surface area (Å²) in [6.45, 7) is 4.08. The summed E-state index contributed by atoms with van der Waals surface area (Å²) in [5.41, 5.74) is -0.198. The number of hydrogen-bond donors (Lipinski definition) is 1. The Balaban J connectivity index is 2.65. The van der Waals surface area contributed by atoms with Crippen molar-refractivity contribution in [2.45, 2.75) is 24.9 Å². The fourth-order valence-electron chi connectivity index (χ4n) is 1.23. The number of aliphatic hydroxyl groups is 1. The van der Waals surface area contributed by atoms with Crippen molar-refractivity contribution < 1.29 is 9.32 Å². The van der Waals surface area contributed by atoms with Crippen LogP contribution >= 0.6 is 11.8 Å². The number of hydrogen-bond acceptors (Lipinski definition) is 3. The molecule has 0 spiro atoms. The molecule has 0 radical (unpaired) electrons. The van der Waals surface area contributed by atoms with Gasteiger partial charge in [-0.15, -0.1) is 11.8 Å². The Morgan fingerprint density at radius 3 is 2.83 bits per heavy atom. The maximum absolute atomic E-state index is 11.6.